The third kappa shape index (κ3) is 51.6. The van der Waals surface area contributed by atoms with E-state index >= 15 is 0 Å². The third-order valence-electron chi connectivity index (χ3n) is 3.11. The van der Waals surface area contributed by atoms with Crippen molar-refractivity contribution in [3.05, 3.63) is 0 Å². The van der Waals surface area contributed by atoms with Crippen LogP contribution in [0.1, 0.15) is 91.4 Å². The number of rotatable bonds is 12. The van der Waals surface area contributed by atoms with Crippen molar-refractivity contribution in [1.82, 2.24) is 0 Å². The zero-order valence-corrected chi connectivity index (χ0v) is 16.4. The maximum absolute atomic E-state index is 10.1. The molecule has 0 fully saturated rings. The molecule has 0 aliphatic rings. The van der Waals surface area contributed by atoms with Gasteiger partial charge in [-0.15, -0.1) is 0 Å². The number of carboxylic acids is 1. The second-order valence-electron chi connectivity index (χ2n) is 5.55. The summed E-state index contributed by atoms with van der Waals surface area (Å²) in [4.78, 5) is 10.1. The molecule has 0 saturated carbocycles. The Labute approximate surface area is 176 Å². The predicted molar refractivity (Wildman–Crippen MR) is 105 cm³/mol. The molecule has 0 atom stereocenters. The van der Waals surface area contributed by atoms with E-state index in [4.69, 9.17) is 9.66 Å². The second kappa shape index (κ2) is 26.6. The molecule has 6 nitrogen and oxygen atoms in total. The van der Waals surface area contributed by atoms with Crippen LogP contribution in [0.15, 0.2) is 0 Å². The van der Waals surface area contributed by atoms with Gasteiger partial charge < -0.3 is 5.11 Å². The van der Waals surface area contributed by atoms with E-state index in [1.54, 1.807) is 0 Å². The van der Waals surface area contributed by atoms with Crippen LogP contribution in [-0.4, -0.2) is 66.0 Å². The predicted octanol–water partition coefficient (Wildman–Crippen LogP) is 4.06. The fourth-order valence-corrected chi connectivity index (χ4v) is 1.59. The van der Waals surface area contributed by atoms with Gasteiger partial charge in [-0.25, -0.2) is 5.11 Å². The van der Waals surface area contributed by atoms with Gasteiger partial charge in [-0.05, 0) is 19.8 Å². The zero-order chi connectivity index (χ0) is 19.3. The van der Waals surface area contributed by atoms with E-state index < -0.39 is 16.1 Å². The van der Waals surface area contributed by atoms with E-state index in [0.717, 1.165) is 32.1 Å². The number of carboxylic acid groups (broad SMARTS) is 1. The number of aliphatic carboxylic acids is 1. The molecule has 149 valence electrons. The van der Waals surface area contributed by atoms with Gasteiger partial charge in [0.25, 0.3) is 10.1 Å². The van der Waals surface area contributed by atoms with Crippen molar-refractivity contribution >= 4 is 45.6 Å². The van der Waals surface area contributed by atoms with Crippen molar-refractivity contribution in [2.24, 2.45) is 0 Å². The van der Waals surface area contributed by atoms with Gasteiger partial charge in [0, 0.05) is 6.42 Å². The Morgan fingerprint density at radius 2 is 1.16 bits per heavy atom. The summed E-state index contributed by atoms with van der Waals surface area (Å²) in [6, 6.07) is 0. The Kier molecular flexibility index (Phi) is 35.0. The molecule has 0 bridgehead atoms. The first kappa shape index (κ1) is 33.0. The molecule has 2 N–H and O–H groups in total. The van der Waals surface area contributed by atoms with Crippen LogP contribution in [0.2, 0.25) is 0 Å². The second-order valence-corrected chi connectivity index (χ2v) is 7.29. The zero-order valence-electron chi connectivity index (χ0n) is 15.6. The van der Waals surface area contributed by atoms with Gasteiger partial charge in [-0.2, -0.15) is 8.42 Å². The molecule has 0 aromatic carbocycles. The van der Waals surface area contributed by atoms with Crippen LogP contribution < -0.4 is 0 Å². The van der Waals surface area contributed by atoms with E-state index in [2.05, 4.69) is 13.8 Å². The monoisotopic (exact) mass is 393 g/mol. The molecule has 0 heterocycles. The molecule has 0 aliphatic carbocycles. The standard InChI is InChI=1S/C10H20O2.C5H11O.C2H6O3S.Na.H/c1-2-3-4-5-6-7-8-9-10(11)12;1-2-3-4-5-6;1-2-6(3,4)5;;/h2-9H2,1H3,(H,11,12);2-5H2,1H3;2H2,1H3,(H,3,4,5);;. The van der Waals surface area contributed by atoms with Crippen LogP contribution in [0.3, 0.4) is 0 Å². The Balaban J connectivity index is -0.000000144. The quantitative estimate of drug-likeness (QED) is 0.295. The average molecular weight is 394 g/mol. The molecule has 0 spiro atoms. The maximum atomic E-state index is 10.1. The molecule has 0 unspecified atom stereocenters. The first-order valence-electron chi connectivity index (χ1n) is 9.00. The molecule has 1 radical (unpaired) electrons. The molecule has 0 aromatic heterocycles. The molecular weight excluding hydrogens is 355 g/mol. The number of hydrogen-bond donors (Lipinski definition) is 2. The van der Waals surface area contributed by atoms with Gasteiger partial charge in [-0.1, -0.05) is 65.2 Å². The summed E-state index contributed by atoms with van der Waals surface area (Å²) in [5, 5.41) is 18.0. The Bertz CT molecular complexity index is 343. The molecule has 0 rings (SSSR count). The fraction of sp³-hybridized carbons (Fsp3) is 0.941. The molecule has 0 amide bonds. The molecule has 0 aliphatic heterocycles. The van der Waals surface area contributed by atoms with E-state index in [-0.39, 0.29) is 41.9 Å². The summed E-state index contributed by atoms with van der Waals surface area (Å²) in [6.45, 7) is 5.77. The van der Waals surface area contributed by atoms with E-state index in [9.17, 15) is 18.3 Å². The number of carbonyl (C=O) groups is 1. The summed E-state index contributed by atoms with van der Waals surface area (Å²) in [5.41, 5.74) is 0. The molecule has 25 heavy (non-hydrogen) atoms. The Morgan fingerprint density at radius 1 is 0.800 bits per heavy atom. The van der Waals surface area contributed by atoms with Gasteiger partial charge in [0.05, 0.1) is 12.4 Å². The summed E-state index contributed by atoms with van der Waals surface area (Å²) in [6.07, 6.45) is 11.8. The Hall–Kier alpha value is 0.340. The van der Waals surface area contributed by atoms with Crippen molar-refractivity contribution in [3.8, 4) is 0 Å². The molecular formula is C17H38NaO6S. The van der Waals surface area contributed by atoms with Gasteiger partial charge in [0.2, 0.25) is 0 Å². The van der Waals surface area contributed by atoms with E-state index in [1.807, 2.05) is 0 Å². The topological polar surface area (TPSA) is 112 Å². The van der Waals surface area contributed by atoms with Crippen LogP contribution in [-0.2, 0) is 20.0 Å². The first-order valence-corrected chi connectivity index (χ1v) is 10.6. The summed E-state index contributed by atoms with van der Waals surface area (Å²) < 4.78 is 26.9. The van der Waals surface area contributed by atoms with Crippen molar-refractivity contribution in [2.75, 3.05) is 12.4 Å². The molecule has 8 heteroatoms. The van der Waals surface area contributed by atoms with Crippen molar-refractivity contribution in [2.45, 2.75) is 91.4 Å². The van der Waals surface area contributed by atoms with Crippen molar-refractivity contribution in [1.29, 1.82) is 0 Å². The first-order chi connectivity index (χ1) is 11.2. The summed E-state index contributed by atoms with van der Waals surface area (Å²) >= 11 is 0. The van der Waals surface area contributed by atoms with Crippen LogP contribution in [0, 0.1) is 0 Å². The van der Waals surface area contributed by atoms with Gasteiger partial charge in [-0.3, -0.25) is 9.35 Å². The summed E-state index contributed by atoms with van der Waals surface area (Å²) in [5.74, 6) is -0.865. The average Bonchev–Trinajstić information content (AvgIpc) is 2.52. The minimum atomic E-state index is -3.66. The third-order valence-corrected chi connectivity index (χ3v) is 3.84. The molecule has 0 saturated heterocycles. The van der Waals surface area contributed by atoms with Crippen molar-refractivity contribution in [3.63, 3.8) is 0 Å². The van der Waals surface area contributed by atoms with Crippen molar-refractivity contribution < 1.29 is 28.0 Å². The van der Waals surface area contributed by atoms with Crippen LogP contribution in [0.25, 0.3) is 0 Å². The van der Waals surface area contributed by atoms with Crippen LogP contribution >= 0.6 is 0 Å². The van der Waals surface area contributed by atoms with E-state index in [1.165, 1.54) is 39.0 Å². The normalized spacial score (nSPS) is 9.80. The summed E-state index contributed by atoms with van der Waals surface area (Å²) in [7, 11) is -3.66. The minimum absolute atomic E-state index is 0. The van der Waals surface area contributed by atoms with Gasteiger partial charge in [0.15, 0.2) is 0 Å². The Morgan fingerprint density at radius 3 is 1.44 bits per heavy atom. The van der Waals surface area contributed by atoms with Gasteiger partial charge >= 0.3 is 35.5 Å². The van der Waals surface area contributed by atoms with Crippen LogP contribution in [0.5, 0.6) is 0 Å². The van der Waals surface area contributed by atoms with Gasteiger partial charge in [0.1, 0.15) is 0 Å². The van der Waals surface area contributed by atoms with Crippen LogP contribution in [0.4, 0.5) is 0 Å². The molecule has 0 aromatic rings. The number of unbranched alkanes of at least 4 members (excludes halogenated alkanes) is 8. The fourth-order valence-electron chi connectivity index (χ4n) is 1.59. The SMILES string of the molecule is CCCCCCCCCC(=O)O.CCCCC[O].CCS(=O)(=O)O.[NaH]. The number of hydrogen-bond acceptors (Lipinski definition) is 3. The van der Waals surface area contributed by atoms with E-state index in [0.29, 0.717) is 6.42 Å².